The van der Waals surface area contributed by atoms with Crippen molar-refractivity contribution >= 4 is 28.1 Å². The van der Waals surface area contributed by atoms with Crippen molar-refractivity contribution in [2.75, 3.05) is 0 Å². The summed E-state index contributed by atoms with van der Waals surface area (Å²) in [6.45, 7) is 4.00. The maximum absolute atomic E-state index is 4.37. The molecule has 0 saturated carbocycles. The molecule has 2 aromatic heterocycles. The van der Waals surface area contributed by atoms with E-state index in [2.05, 4.69) is 37.0 Å². The SMILES string of the molecule is Cc1nc(C)n2ccnc(I)c12. The fourth-order valence-corrected chi connectivity index (χ4v) is 2.15. The number of halogens is 1. The van der Waals surface area contributed by atoms with Gasteiger partial charge in [0.15, 0.2) is 0 Å². The number of fused-ring (bicyclic) bond motifs is 1. The third-order valence-electron chi connectivity index (χ3n) is 1.86. The van der Waals surface area contributed by atoms with E-state index in [1.807, 2.05) is 20.0 Å². The van der Waals surface area contributed by atoms with Gasteiger partial charge in [-0.1, -0.05) is 0 Å². The summed E-state index contributed by atoms with van der Waals surface area (Å²) in [7, 11) is 0. The lowest BCUT2D eigenvalue weighted by molar-refractivity contribution is 1.02. The molecule has 0 N–H and O–H groups in total. The molecule has 3 nitrogen and oxygen atoms in total. The Morgan fingerprint density at radius 3 is 2.83 bits per heavy atom. The van der Waals surface area contributed by atoms with Crippen LogP contribution in [0.5, 0.6) is 0 Å². The van der Waals surface area contributed by atoms with Crippen LogP contribution < -0.4 is 0 Å². The first-order valence-electron chi connectivity index (χ1n) is 3.66. The van der Waals surface area contributed by atoms with Crippen molar-refractivity contribution in [1.82, 2.24) is 14.4 Å². The van der Waals surface area contributed by atoms with Gasteiger partial charge in [-0.25, -0.2) is 9.97 Å². The zero-order valence-corrected chi connectivity index (χ0v) is 9.03. The van der Waals surface area contributed by atoms with Crippen LogP contribution in [0.25, 0.3) is 5.52 Å². The molecule has 0 aliphatic heterocycles. The Balaban J connectivity index is 2.99. The van der Waals surface area contributed by atoms with Crippen LogP contribution in [0.3, 0.4) is 0 Å². The highest BCUT2D eigenvalue weighted by molar-refractivity contribution is 14.1. The van der Waals surface area contributed by atoms with E-state index < -0.39 is 0 Å². The molecule has 0 radical (unpaired) electrons. The van der Waals surface area contributed by atoms with E-state index in [-0.39, 0.29) is 0 Å². The summed E-state index contributed by atoms with van der Waals surface area (Å²) in [5.41, 5.74) is 2.17. The number of rotatable bonds is 0. The Morgan fingerprint density at radius 1 is 1.42 bits per heavy atom. The fraction of sp³-hybridized carbons (Fsp3) is 0.250. The lowest BCUT2D eigenvalue weighted by atomic mass is 10.4. The molecule has 0 unspecified atom stereocenters. The fourth-order valence-electron chi connectivity index (χ4n) is 1.34. The highest BCUT2D eigenvalue weighted by Crippen LogP contribution is 2.15. The molecule has 0 atom stereocenters. The highest BCUT2D eigenvalue weighted by atomic mass is 127. The molecule has 0 spiro atoms. The van der Waals surface area contributed by atoms with E-state index in [1.165, 1.54) is 0 Å². The minimum absolute atomic E-state index is 1.01. The lowest BCUT2D eigenvalue weighted by Crippen LogP contribution is -1.91. The zero-order valence-electron chi connectivity index (χ0n) is 6.87. The molecule has 2 rings (SSSR count). The Labute approximate surface area is 84.0 Å². The highest BCUT2D eigenvalue weighted by Gasteiger charge is 2.06. The minimum Gasteiger partial charge on any atom is -0.300 e. The van der Waals surface area contributed by atoms with Gasteiger partial charge in [0.25, 0.3) is 0 Å². The summed E-state index contributed by atoms with van der Waals surface area (Å²) in [6, 6.07) is 0. The van der Waals surface area contributed by atoms with Crippen molar-refractivity contribution in [2.24, 2.45) is 0 Å². The van der Waals surface area contributed by atoms with Crippen molar-refractivity contribution in [3.63, 3.8) is 0 Å². The molecule has 62 valence electrons. The van der Waals surface area contributed by atoms with Crippen molar-refractivity contribution < 1.29 is 0 Å². The normalized spacial score (nSPS) is 10.9. The van der Waals surface area contributed by atoms with E-state index >= 15 is 0 Å². The Morgan fingerprint density at radius 2 is 2.17 bits per heavy atom. The van der Waals surface area contributed by atoms with Gasteiger partial charge in [0.2, 0.25) is 0 Å². The summed E-state index contributed by atoms with van der Waals surface area (Å²) in [5, 5.41) is 0. The molecular weight excluding hydrogens is 265 g/mol. The largest absolute Gasteiger partial charge is 0.300 e. The second-order valence-corrected chi connectivity index (χ2v) is 3.70. The van der Waals surface area contributed by atoms with E-state index in [0.29, 0.717) is 0 Å². The standard InChI is InChI=1S/C8H8IN3/c1-5-7-8(9)10-3-4-12(7)6(2)11-5/h3-4H,1-2H3. The van der Waals surface area contributed by atoms with Gasteiger partial charge in [-0.15, -0.1) is 0 Å². The number of aryl methyl sites for hydroxylation is 2. The average Bonchev–Trinajstić information content (AvgIpc) is 2.29. The van der Waals surface area contributed by atoms with E-state index in [9.17, 15) is 0 Å². The monoisotopic (exact) mass is 273 g/mol. The first-order chi connectivity index (χ1) is 5.70. The predicted molar refractivity (Wildman–Crippen MR) is 55.2 cm³/mol. The van der Waals surface area contributed by atoms with Gasteiger partial charge >= 0.3 is 0 Å². The van der Waals surface area contributed by atoms with Gasteiger partial charge in [0.1, 0.15) is 15.0 Å². The molecule has 0 aliphatic rings. The van der Waals surface area contributed by atoms with Crippen LogP contribution >= 0.6 is 22.6 Å². The predicted octanol–water partition coefficient (Wildman–Crippen LogP) is 1.95. The van der Waals surface area contributed by atoms with Crippen molar-refractivity contribution in [3.8, 4) is 0 Å². The summed E-state index contributed by atoms with van der Waals surface area (Å²) in [5.74, 6) is 1.02. The first kappa shape index (κ1) is 7.97. The molecule has 0 fully saturated rings. The van der Waals surface area contributed by atoms with Crippen molar-refractivity contribution in [2.45, 2.75) is 13.8 Å². The van der Waals surface area contributed by atoms with Crippen molar-refractivity contribution in [3.05, 3.63) is 27.6 Å². The second-order valence-electron chi connectivity index (χ2n) is 2.68. The average molecular weight is 273 g/mol. The summed E-state index contributed by atoms with van der Waals surface area (Å²) in [6.07, 6.45) is 3.73. The first-order valence-corrected chi connectivity index (χ1v) is 4.74. The molecular formula is C8H8IN3. The van der Waals surface area contributed by atoms with Crippen LogP contribution in [-0.2, 0) is 0 Å². The van der Waals surface area contributed by atoms with Gasteiger partial charge < -0.3 is 0 Å². The number of hydrogen-bond donors (Lipinski definition) is 0. The van der Waals surface area contributed by atoms with Crippen LogP contribution in [0.4, 0.5) is 0 Å². The maximum atomic E-state index is 4.37. The third-order valence-corrected chi connectivity index (χ3v) is 2.65. The van der Waals surface area contributed by atoms with Gasteiger partial charge in [0.05, 0.1) is 5.69 Å². The van der Waals surface area contributed by atoms with Crippen LogP contribution in [0.15, 0.2) is 12.4 Å². The quantitative estimate of drug-likeness (QED) is 0.687. The van der Waals surface area contributed by atoms with Crippen LogP contribution in [-0.4, -0.2) is 14.4 Å². The van der Waals surface area contributed by atoms with Gasteiger partial charge in [0, 0.05) is 12.4 Å². The smallest absolute Gasteiger partial charge is 0.127 e. The van der Waals surface area contributed by atoms with E-state index in [1.54, 1.807) is 6.20 Å². The topological polar surface area (TPSA) is 30.2 Å². The Bertz CT molecular complexity index is 433. The lowest BCUT2D eigenvalue weighted by Gasteiger charge is -1.96. The summed E-state index contributed by atoms with van der Waals surface area (Å²) >= 11 is 2.23. The third kappa shape index (κ3) is 1.01. The summed E-state index contributed by atoms with van der Waals surface area (Å²) in [4.78, 5) is 8.58. The van der Waals surface area contributed by atoms with E-state index in [4.69, 9.17) is 0 Å². The van der Waals surface area contributed by atoms with Gasteiger partial charge in [-0.3, -0.25) is 4.40 Å². The van der Waals surface area contributed by atoms with Crippen LogP contribution in [0, 0.1) is 17.5 Å². The molecule has 4 heteroatoms. The second kappa shape index (κ2) is 2.69. The molecule has 0 aromatic carbocycles. The van der Waals surface area contributed by atoms with E-state index in [0.717, 1.165) is 20.7 Å². The van der Waals surface area contributed by atoms with Gasteiger partial charge in [-0.05, 0) is 36.4 Å². The molecule has 2 heterocycles. The minimum atomic E-state index is 1.01. The molecule has 12 heavy (non-hydrogen) atoms. The molecule has 0 bridgehead atoms. The Hall–Kier alpha value is -0.650. The molecule has 0 saturated heterocycles. The number of hydrogen-bond acceptors (Lipinski definition) is 2. The Kier molecular flexibility index (Phi) is 1.79. The van der Waals surface area contributed by atoms with Crippen LogP contribution in [0.2, 0.25) is 0 Å². The number of aromatic nitrogens is 3. The number of imidazole rings is 1. The molecule has 0 aliphatic carbocycles. The van der Waals surface area contributed by atoms with Crippen molar-refractivity contribution in [1.29, 1.82) is 0 Å². The summed E-state index contributed by atoms with van der Waals surface area (Å²) < 4.78 is 3.07. The van der Waals surface area contributed by atoms with Crippen LogP contribution in [0.1, 0.15) is 11.5 Å². The molecule has 0 amide bonds. The molecule has 2 aromatic rings. The zero-order chi connectivity index (χ0) is 8.72. The van der Waals surface area contributed by atoms with Gasteiger partial charge in [-0.2, -0.15) is 0 Å². The number of nitrogens with zero attached hydrogens (tertiary/aromatic N) is 3. The maximum Gasteiger partial charge on any atom is 0.127 e.